The fourth-order valence-corrected chi connectivity index (χ4v) is 2.63. The highest BCUT2D eigenvalue weighted by Crippen LogP contribution is 2.29. The summed E-state index contributed by atoms with van der Waals surface area (Å²) in [6.45, 7) is 5.34. The van der Waals surface area contributed by atoms with Crippen molar-refractivity contribution in [1.29, 1.82) is 0 Å². The van der Waals surface area contributed by atoms with Gasteiger partial charge in [0.25, 0.3) is 0 Å². The minimum atomic E-state index is -0.733. The Labute approximate surface area is 116 Å². The number of hydrogen-bond acceptors (Lipinski definition) is 3. The van der Waals surface area contributed by atoms with E-state index in [0.29, 0.717) is 0 Å². The summed E-state index contributed by atoms with van der Waals surface area (Å²) in [6, 6.07) is 7.80. The molecule has 1 atom stereocenters. The van der Waals surface area contributed by atoms with Gasteiger partial charge in [0.2, 0.25) is 5.91 Å². The number of benzene rings is 1. The Kier molecular flexibility index (Phi) is 4.04. The quantitative estimate of drug-likeness (QED) is 0.877. The van der Waals surface area contributed by atoms with E-state index < -0.39 is 5.54 Å². The van der Waals surface area contributed by atoms with Crippen molar-refractivity contribution in [3.63, 3.8) is 0 Å². The average molecular weight is 312 g/mol. The lowest BCUT2D eigenvalue weighted by Gasteiger charge is -2.41. The topological polar surface area (TPSA) is 58.4 Å². The molecule has 98 valence electrons. The number of piperazine rings is 1. The Balaban J connectivity index is 2.36. The van der Waals surface area contributed by atoms with Crippen LogP contribution in [0.1, 0.15) is 12.5 Å². The van der Waals surface area contributed by atoms with Crippen LogP contribution in [0.4, 0.5) is 0 Å². The molecule has 4 nitrogen and oxygen atoms in total. The van der Waals surface area contributed by atoms with Crippen LogP contribution in [0.5, 0.6) is 0 Å². The Hall–Kier alpha value is -0.910. The molecule has 3 N–H and O–H groups in total. The van der Waals surface area contributed by atoms with Crippen molar-refractivity contribution in [3.05, 3.63) is 34.3 Å². The molecule has 5 heteroatoms. The summed E-state index contributed by atoms with van der Waals surface area (Å²) in [7, 11) is 0. The molecule has 0 aliphatic carbocycles. The lowest BCUT2D eigenvalue weighted by Crippen LogP contribution is -2.58. The maximum absolute atomic E-state index is 12.0. The molecule has 1 unspecified atom stereocenters. The zero-order valence-corrected chi connectivity index (χ0v) is 12.0. The average Bonchev–Trinajstić information content (AvgIpc) is 2.39. The molecule has 1 aromatic rings. The van der Waals surface area contributed by atoms with Gasteiger partial charge in [-0.3, -0.25) is 9.69 Å². The fourth-order valence-electron chi connectivity index (χ4n) is 2.37. The van der Waals surface area contributed by atoms with Crippen LogP contribution in [0.2, 0.25) is 0 Å². The van der Waals surface area contributed by atoms with Gasteiger partial charge in [-0.1, -0.05) is 28.1 Å². The monoisotopic (exact) mass is 311 g/mol. The molecule has 1 aliphatic rings. The third kappa shape index (κ3) is 2.43. The van der Waals surface area contributed by atoms with Crippen LogP contribution in [0.3, 0.4) is 0 Å². The van der Waals surface area contributed by atoms with Crippen molar-refractivity contribution in [3.8, 4) is 0 Å². The van der Waals surface area contributed by atoms with Crippen LogP contribution in [-0.2, 0) is 10.3 Å². The Bertz CT molecular complexity index is 428. The highest BCUT2D eigenvalue weighted by Gasteiger charge is 2.39. The molecule has 1 aromatic carbocycles. The van der Waals surface area contributed by atoms with Gasteiger partial charge in [0.1, 0.15) is 5.54 Å². The van der Waals surface area contributed by atoms with E-state index in [1.54, 1.807) is 0 Å². The van der Waals surface area contributed by atoms with Crippen LogP contribution in [0.15, 0.2) is 28.7 Å². The van der Waals surface area contributed by atoms with Gasteiger partial charge >= 0.3 is 0 Å². The smallest absolute Gasteiger partial charge is 0.242 e. The van der Waals surface area contributed by atoms with E-state index in [0.717, 1.165) is 36.2 Å². The zero-order valence-electron chi connectivity index (χ0n) is 10.4. The van der Waals surface area contributed by atoms with Gasteiger partial charge in [-0.2, -0.15) is 0 Å². The van der Waals surface area contributed by atoms with Gasteiger partial charge in [0.15, 0.2) is 0 Å². The first kappa shape index (κ1) is 13.5. The van der Waals surface area contributed by atoms with Gasteiger partial charge in [-0.15, -0.1) is 0 Å². The van der Waals surface area contributed by atoms with E-state index in [9.17, 15) is 4.79 Å². The van der Waals surface area contributed by atoms with Crippen molar-refractivity contribution < 1.29 is 4.79 Å². The molecule has 18 heavy (non-hydrogen) atoms. The number of nitrogens with zero attached hydrogens (tertiary/aromatic N) is 1. The number of nitrogens with two attached hydrogens (primary N) is 1. The predicted molar refractivity (Wildman–Crippen MR) is 75.1 cm³/mol. The van der Waals surface area contributed by atoms with Gasteiger partial charge in [0.05, 0.1) is 0 Å². The molecule has 1 amide bonds. The molecule has 1 aliphatic heterocycles. The maximum atomic E-state index is 12.0. The molecular weight excluding hydrogens is 294 g/mol. The summed E-state index contributed by atoms with van der Waals surface area (Å²) in [5.41, 5.74) is 5.87. The highest BCUT2D eigenvalue weighted by atomic mass is 79.9. The van der Waals surface area contributed by atoms with Crippen LogP contribution in [-0.4, -0.2) is 37.0 Å². The lowest BCUT2D eigenvalue weighted by molar-refractivity contribution is -0.130. The molecule has 2 rings (SSSR count). The largest absolute Gasteiger partial charge is 0.368 e. The number of nitrogens with one attached hydrogen (secondary N) is 1. The first-order valence-corrected chi connectivity index (χ1v) is 6.86. The van der Waals surface area contributed by atoms with Gasteiger partial charge in [0, 0.05) is 30.7 Å². The van der Waals surface area contributed by atoms with Crippen molar-refractivity contribution in [2.75, 3.05) is 26.2 Å². The minimum Gasteiger partial charge on any atom is -0.368 e. The van der Waals surface area contributed by atoms with Gasteiger partial charge < -0.3 is 11.1 Å². The minimum absolute atomic E-state index is 0.299. The Morgan fingerprint density at radius 3 is 2.39 bits per heavy atom. The van der Waals surface area contributed by atoms with Gasteiger partial charge in [-0.25, -0.2) is 0 Å². The zero-order chi connectivity index (χ0) is 13.2. The molecule has 1 fully saturated rings. The highest BCUT2D eigenvalue weighted by molar-refractivity contribution is 9.10. The van der Waals surface area contributed by atoms with Crippen LogP contribution >= 0.6 is 15.9 Å². The van der Waals surface area contributed by atoms with E-state index in [4.69, 9.17) is 5.73 Å². The molecule has 0 saturated carbocycles. The molecule has 1 saturated heterocycles. The number of hydrogen-bond donors (Lipinski definition) is 2. The second-order valence-corrected chi connectivity index (χ2v) is 5.60. The van der Waals surface area contributed by atoms with Crippen LogP contribution in [0.25, 0.3) is 0 Å². The number of amides is 1. The number of carbonyl (C=O) groups excluding carboxylic acids is 1. The third-order valence-corrected chi connectivity index (χ3v) is 4.16. The van der Waals surface area contributed by atoms with Crippen molar-refractivity contribution >= 4 is 21.8 Å². The normalized spacial score (nSPS) is 20.3. The molecule has 0 bridgehead atoms. The summed E-state index contributed by atoms with van der Waals surface area (Å²) < 4.78 is 0.999. The van der Waals surface area contributed by atoms with E-state index in [-0.39, 0.29) is 5.91 Å². The fraction of sp³-hybridized carbons (Fsp3) is 0.462. The van der Waals surface area contributed by atoms with E-state index in [2.05, 4.69) is 26.1 Å². The summed E-state index contributed by atoms with van der Waals surface area (Å²) in [5.74, 6) is -0.299. The summed E-state index contributed by atoms with van der Waals surface area (Å²) >= 11 is 3.41. The van der Waals surface area contributed by atoms with E-state index in [1.165, 1.54) is 0 Å². The van der Waals surface area contributed by atoms with Gasteiger partial charge in [-0.05, 0) is 24.6 Å². The molecule has 1 heterocycles. The second kappa shape index (κ2) is 5.38. The Morgan fingerprint density at radius 2 is 1.89 bits per heavy atom. The predicted octanol–water partition coefficient (Wildman–Crippen LogP) is 1.05. The lowest BCUT2D eigenvalue weighted by atomic mass is 9.88. The van der Waals surface area contributed by atoms with Crippen molar-refractivity contribution in [2.45, 2.75) is 12.5 Å². The van der Waals surface area contributed by atoms with Crippen LogP contribution in [0, 0.1) is 0 Å². The number of carbonyl (C=O) groups is 1. The third-order valence-electron chi connectivity index (χ3n) is 3.64. The number of primary amides is 1. The first-order valence-electron chi connectivity index (χ1n) is 6.07. The molecule has 0 spiro atoms. The second-order valence-electron chi connectivity index (χ2n) is 4.68. The summed E-state index contributed by atoms with van der Waals surface area (Å²) in [6.07, 6.45) is 0. The number of halogens is 1. The van der Waals surface area contributed by atoms with E-state index >= 15 is 0 Å². The van der Waals surface area contributed by atoms with Crippen molar-refractivity contribution in [2.24, 2.45) is 5.73 Å². The SMILES string of the molecule is CC(C(N)=O)(c1ccc(Br)cc1)N1CCNCC1. The van der Waals surface area contributed by atoms with Crippen LogP contribution < -0.4 is 11.1 Å². The molecule has 0 radical (unpaired) electrons. The number of rotatable bonds is 3. The Morgan fingerprint density at radius 1 is 1.33 bits per heavy atom. The standard InChI is InChI=1S/C13H18BrN3O/c1-13(12(15)18,17-8-6-16-7-9-17)10-2-4-11(14)5-3-10/h2-5,16H,6-9H2,1H3,(H2,15,18). The van der Waals surface area contributed by atoms with Crippen molar-refractivity contribution in [1.82, 2.24) is 10.2 Å². The maximum Gasteiger partial charge on any atom is 0.242 e. The molecule has 0 aromatic heterocycles. The summed E-state index contributed by atoms with van der Waals surface area (Å²) in [4.78, 5) is 14.1. The van der Waals surface area contributed by atoms with E-state index in [1.807, 2.05) is 31.2 Å². The molecular formula is C13H18BrN3O. The summed E-state index contributed by atoms with van der Waals surface area (Å²) in [5, 5.41) is 3.29. The first-order chi connectivity index (χ1) is 8.55.